The van der Waals surface area contributed by atoms with Gasteiger partial charge in [-0.25, -0.2) is 4.39 Å². The lowest BCUT2D eigenvalue weighted by Crippen LogP contribution is -2.30. The highest BCUT2D eigenvalue weighted by molar-refractivity contribution is 5.03. The molecule has 0 unspecified atom stereocenters. The van der Waals surface area contributed by atoms with Gasteiger partial charge in [0.1, 0.15) is 5.83 Å². The molecule has 0 radical (unpaired) electrons. The van der Waals surface area contributed by atoms with Gasteiger partial charge in [0, 0.05) is 5.92 Å². The number of allylic oxidation sites excluding steroid dienone is 2. The molecule has 0 atom stereocenters. The third-order valence-electron chi connectivity index (χ3n) is 8.20. The van der Waals surface area contributed by atoms with Gasteiger partial charge in [-0.15, -0.1) is 0 Å². The fourth-order valence-electron chi connectivity index (χ4n) is 6.58. The second-order valence-electron chi connectivity index (χ2n) is 9.93. The Kier molecular flexibility index (Phi) is 7.89. The molecule has 0 aliphatic heterocycles. The van der Waals surface area contributed by atoms with Crippen molar-refractivity contribution < 1.29 is 17.6 Å². The lowest BCUT2D eigenvalue weighted by Gasteiger charge is -2.41. The third-order valence-corrected chi connectivity index (χ3v) is 8.20. The molecule has 3 fully saturated rings. The van der Waals surface area contributed by atoms with Crippen molar-refractivity contribution in [2.24, 2.45) is 35.5 Å². The lowest BCUT2D eigenvalue weighted by atomic mass is 9.65. The quantitative estimate of drug-likeness (QED) is 0.404. The van der Waals surface area contributed by atoms with E-state index in [-0.39, 0.29) is 6.08 Å². The van der Waals surface area contributed by atoms with Gasteiger partial charge in [-0.2, -0.15) is 13.2 Å². The van der Waals surface area contributed by atoms with E-state index in [0.717, 1.165) is 36.5 Å². The summed E-state index contributed by atoms with van der Waals surface area (Å²) in [6.45, 7) is 2.29. The largest absolute Gasteiger partial charge is 0.412 e. The van der Waals surface area contributed by atoms with Crippen LogP contribution in [0.15, 0.2) is 11.9 Å². The van der Waals surface area contributed by atoms with Crippen LogP contribution >= 0.6 is 0 Å². The zero-order valence-electron chi connectivity index (χ0n) is 17.5. The van der Waals surface area contributed by atoms with Gasteiger partial charge in [-0.1, -0.05) is 32.6 Å². The molecule has 0 aromatic rings. The van der Waals surface area contributed by atoms with Crippen LogP contribution in [-0.4, -0.2) is 6.18 Å². The van der Waals surface area contributed by atoms with E-state index >= 15 is 0 Å². The van der Waals surface area contributed by atoms with Crippen LogP contribution in [0.5, 0.6) is 0 Å². The van der Waals surface area contributed by atoms with Crippen LogP contribution < -0.4 is 0 Å². The van der Waals surface area contributed by atoms with E-state index in [1.807, 2.05) is 0 Å². The van der Waals surface area contributed by atoms with Gasteiger partial charge >= 0.3 is 6.18 Å². The van der Waals surface area contributed by atoms with E-state index < -0.39 is 17.9 Å². The molecule has 0 aromatic heterocycles. The Labute approximate surface area is 168 Å². The predicted octanol–water partition coefficient (Wildman–Crippen LogP) is 8.62. The van der Waals surface area contributed by atoms with Gasteiger partial charge in [-0.3, -0.25) is 0 Å². The first kappa shape index (κ1) is 22.2. The summed E-state index contributed by atoms with van der Waals surface area (Å²) in [5.74, 6) is 2.69. The summed E-state index contributed by atoms with van der Waals surface area (Å²) in [4.78, 5) is 0. The Bertz CT molecular complexity index is 485. The zero-order chi connectivity index (χ0) is 20.1. The van der Waals surface area contributed by atoms with Crippen molar-refractivity contribution in [2.75, 3.05) is 0 Å². The Balaban J connectivity index is 1.39. The van der Waals surface area contributed by atoms with Crippen molar-refractivity contribution in [2.45, 2.75) is 103 Å². The molecule has 0 nitrogen and oxygen atoms in total. The number of alkyl halides is 3. The molecular formula is C24H38F4. The minimum absolute atomic E-state index is 0.127. The Hall–Kier alpha value is -0.540. The molecule has 0 N–H and O–H groups in total. The van der Waals surface area contributed by atoms with Crippen LogP contribution in [0.1, 0.15) is 96.8 Å². The maximum absolute atomic E-state index is 13.8. The minimum Gasteiger partial charge on any atom is -0.212 e. The minimum atomic E-state index is -4.53. The first-order chi connectivity index (χ1) is 13.4. The molecule has 162 valence electrons. The fraction of sp³-hybridized carbons (Fsp3) is 0.917. The fourth-order valence-corrected chi connectivity index (χ4v) is 6.58. The van der Waals surface area contributed by atoms with Crippen molar-refractivity contribution >= 4 is 0 Å². The molecule has 0 aromatic carbocycles. The molecule has 0 saturated heterocycles. The van der Waals surface area contributed by atoms with Crippen LogP contribution in [-0.2, 0) is 0 Å². The first-order valence-corrected chi connectivity index (χ1v) is 11.8. The van der Waals surface area contributed by atoms with Crippen molar-refractivity contribution in [1.29, 1.82) is 0 Å². The summed E-state index contributed by atoms with van der Waals surface area (Å²) < 4.78 is 50.9. The van der Waals surface area contributed by atoms with Crippen molar-refractivity contribution in [3.8, 4) is 0 Å². The molecule has 0 spiro atoms. The normalized spacial score (nSPS) is 38.4. The van der Waals surface area contributed by atoms with Crippen molar-refractivity contribution in [3.05, 3.63) is 11.9 Å². The summed E-state index contributed by atoms with van der Waals surface area (Å²) >= 11 is 0. The molecule has 0 bridgehead atoms. The summed E-state index contributed by atoms with van der Waals surface area (Å²) in [5.41, 5.74) is 0. The molecule has 28 heavy (non-hydrogen) atoms. The van der Waals surface area contributed by atoms with E-state index in [9.17, 15) is 17.6 Å². The topological polar surface area (TPSA) is 0 Å². The van der Waals surface area contributed by atoms with Crippen LogP contribution in [0, 0.1) is 35.5 Å². The Morgan fingerprint density at radius 2 is 1.11 bits per heavy atom. The zero-order valence-corrected chi connectivity index (χ0v) is 17.5. The number of halogens is 4. The Morgan fingerprint density at radius 3 is 1.50 bits per heavy atom. The van der Waals surface area contributed by atoms with Crippen LogP contribution in [0.2, 0.25) is 0 Å². The van der Waals surface area contributed by atoms with Gasteiger partial charge in [0.2, 0.25) is 0 Å². The van der Waals surface area contributed by atoms with Gasteiger partial charge in [0.25, 0.3) is 0 Å². The smallest absolute Gasteiger partial charge is 0.212 e. The molecule has 0 heterocycles. The summed E-state index contributed by atoms with van der Waals surface area (Å²) in [6.07, 6.45) is 12.0. The van der Waals surface area contributed by atoms with Gasteiger partial charge < -0.3 is 0 Å². The number of rotatable bonds is 5. The van der Waals surface area contributed by atoms with E-state index in [1.165, 1.54) is 64.2 Å². The van der Waals surface area contributed by atoms with Gasteiger partial charge in [0.15, 0.2) is 0 Å². The van der Waals surface area contributed by atoms with Gasteiger partial charge in [0.05, 0.1) is 6.08 Å². The molecule has 3 saturated carbocycles. The van der Waals surface area contributed by atoms with Crippen LogP contribution in [0.4, 0.5) is 17.6 Å². The highest BCUT2D eigenvalue weighted by atomic mass is 19.4. The molecule has 3 aliphatic rings. The van der Waals surface area contributed by atoms with E-state index in [4.69, 9.17) is 0 Å². The maximum Gasteiger partial charge on any atom is 0.412 e. The second-order valence-corrected chi connectivity index (χ2v) is 9.93. The monoisotopic (exact) mass is 402 g/mol. The van der Waals surface area contributed by atoms with E-state index in [0.29, 0.717) is 18.8 Å². The molecule has 3 aliphatic carbocycles. The van der Waals surface area contributed by atoms with Crippen molar-refractivity contribution in [3.63, 3.8) is 0 Å². The van der Waals surface area contributed by atoms with Crippen molar-refractivity contribution in [1.82, 2.24) is 0 Å². The third kappa shape index (κ3) is 6.23. The van der Waals surface area contributed by atoms with E-state index in [1.54, 1.807) is 0 Å². The molecular weight excluding hydrogens is 364 g/mol. The average molecular weight is 403 g/mol. The summed E-state index contributed by atoms with van der Waals surface area (Å²) in [5, 5.41) is 0. The SMILES string of the molecule is CCCC1CCC(C2CCC(C3CCC(/C(F)=C/C(F)(F)F)CC3)CC2)CC1. The number of hydrogen-bond acceptors (Lipinski definition) is 0. The Morgan fingerprint density at radius 1 is 0.714 bits per heavy atom. The first-order valence-electron chi connectivity index (χ1n) is 11.8. The summed E-state index contributed by atoms with van der Waals surface area (Å²) in [6, 6.07) is 0. The standard InChI is InChI=1S/C24H38F4/c1-2-3-17-4-6-18(7-5-17)19-8-10-20(11-9-19)21-12-14-22(15-13-21)23(25)16-24(26,27)28/h16-22H,2-15H2,1H3/b23-16-. The summed E-state index contributed by atoms with van der Waals surface area (Å²) in [7, 11) is 0. The maximum atomic E-state index is 13.8. The average Bonchev–Trinajstić information content (AvgIpc) is 2.68. The number of hydrogen-bond donors (Lipinski definition) is 0. The molecule has 4 heteroatoms. The van der Waals surface area contributed by atoms with Crippen LogP contribution in [0.25, 0.3) is 0 Å². The molecule has 0 amide bonds. The molecule has 3 rings (SSSR count). The highest BCUT2D eigenvalue weighted by Gasteiger charge is 2.36. The lowest BCUT2D eigenvalue weighted by molar-refractivity contribution is -0.0821. The predicted molar refractivity (Wildman–Crippen MR) is 106 cm³/mol. The van der Waals surface area contributed by atoms with Crippen LogP contribution in [0.3, 0.4) is 0 Å². The van der Waals surface area contributed by atoms with Gasteiger partial charge in [-0.05, 0) is 93.8 Å². The van der Waals surface area contributed by atoms with E-state index in [2.05, 4.69) is 6.92 Å². The highest BCUT2D eigenvalue weighted by Crippen LogP contribution is 2.47. The second kappa shape index (κ2) is 9.98.